The van der Waals surface area contributed by atoms with Crippen molar-refractivity contribution in [3.63, 3.8) is 0 Å². The first-order chi connectivity index (χ1) is 9.87. The van der Waals surface area contributed by atoms with Crippen molar-refractivity contribution in [3.8, 4) is 0 Å². The molecule has 1 fully saturated rings. The van der Waals surface area contributed by atoms with E-state index in [9.17, 15) is 24.8 Å². The van der Waals surface area contributed by atoms with Gasteiger partial charge in [-0.3, -0.25) is 14.9 Å². The number of carbonyl (C=O) groups excluding carboxylic acids is 1. The summed E-state index contributed by atoms with van der Waals surface area (Å²) in [4.78, 5) is 37.1. The first-order valence-electron chi connectivity index (χ1n) is 5.80. The van der Waals surface area contributed by atoms with Crippen LogP contribution in [0.4, 0.5) is 5.69 Å². The number of amides is 1. The Morgan fingerprint density at radius 1 is 1.57 bits per heavy atom. The lowest BCUT2D eigenvalue weighted by molar-refractivity contribution is -0.385. The van der Waals surface area contributed by atoms with Gasteiger partial charge in [0.2, 0.25) is 5.15 Å². The van der Waals surface area contributed by atoms with E-state index >= 15 is 0 Å². The second-order valence-corrected chi connectivity index (χ2v) is 4.76. The fourth-order valence-electron chi connectivity index (χ4n) is 1.96. The monoisotopic (exact) mass is 315 g/mol. The number of rotatable bonds is 4. The van der Waals surface area contributed by atoms with Crippen LogP contribution >= 0.6 is 11.6 Å². The van der Waals surface area contributed by atoms with Crippen LogP contribution in [0, 0.1) is 10.1 Å². The molecule has 1 aliphatic heterocycles. The zero-order valence-electron chi connectivity index (χ0n) is 10.5. The number of nitro groups is 1. The van der Waals surface area contributed by atoms with Crippen molar-refractivity contribution < 1.29 is 24.4 Å². The predicted octanol–water partition coefficient (Wildman–Crippen LogP) is 0.617. The third kappa shape index (κ3) is 2.78. The van der Waals surface area contributed by atoms with Gasteiger partial charge in [-0.2, -0.15) is 0 Å². The summed E-state index contributed by atoms with van der Waals surface area (Å²) in [6, 6.07) is 1.10. The summed E-state index contributed by atoms with van der Waals surface area (Å²) < 4.78 is 4.99. The molecule has 1 unspecified atom stereocenters. The highest BCUT2D eigenvalue weighted by molar-refractivity contribution is 6.32. The number of ether oxygens (including phenoxy) is 1. The quantitative estimate of drug-likeness (QED) is 0.472. The van der Waals surface area contributed by atoms with Gasteiger partial charge in [0.15, 0.2) is 5.54 Å². The van der Waals surface area contributed by atoms with E-state index < -0.39 is 33.2 Å². The first kappa shape index (κ1) is 15.1. The number of aliphatic carboxylic acids is 1. The molecule has 1 aromatic rings. The van der Waals surface area contributed by atoms with Crippen LogP contribution in [-0.4, -0.2) is 45.6 Å². The zero-order chi connectivity index (χ0) is 15.6. The number of hydrogen-bond acceptors (Lipinski definition) is 6. The van der Waals surface area contributed by atoms with Crippen molar-refractivity contribution in [2.75, 3.05) is 13.2 Å². The predicted molar refractivity (Wildman–Crippen MR) is 69.2 cm³/mol. The topological polar surface area (TPSA) is 132 Å². The van der Waals surface area contributed by atoms with Crippen molar-refractivity contribution in [3.05, 3.63) is 33.1 Å². The van der Waals surface area contributed by atoms with Gasteiger partial charge in [-0.25, -0.2) is 9.78 Å². The summed E-state index contributed by atoms with van der Waals surface area (Å²) >= 11 is 5.61. The number of pyridine rings is 1. The lowest BCUT2D eigenvalue weighted by Gasteiger charge is -2.23. The second-order valence-electron chi connectivity index (χ2n) is 4.40. The maximum Gasteiger partial charge on any atom is 0.331 e. The van der Waals surface area contributed by atoms with Gasteiger partial charge in [0.05, 0.1) is 11.5 Å². The molecule has 2 rings (SSSR count). The van der Waals surface area contributed by atoms with Gasteiger partial charge in [-0.1, -0.05) is 11.6 Å². The lowest BCUT2D eigenvalue weighted by atomic mass is 9.98. The Hall–Kier alpha value is -2.26. The van der Waals surface area contributed by atoms with Crippen LogP contribution in [0.15, 0.2) is 12.3 Å². The van der Waals surface area contributed by atoms with E-state index in [1.165, 1.54) is 0 Å². The van der Waals surface area contributed by atoms with Crippen LogP contribution in [-0.2, 0) is 9.53 Å². The van der Waals surface area contributed by atoms with Crippen molar-refractivity contribution in [2.24, 2.45) is 0 Å². The van der Waals surface area contributed by atoms with Crippen LogP contribution in [0.3, 0.4) is 0 Å². The Kier molecular flexibility index (Phi) is 4.05. The average molecular weight is 316 g/mol. The van der Waals surface area contributed by atoms with E-state index in [-0.39, 0.29) is 25.2 Å². The Bertz CT molecular complexity index is 614. The van der Waals surface area contributed by atoms with E-state index in [4.69, 9.17) is 16.3 Å². The van der Waals surface area contributed by atoms with Crippen LogP contribution in [0.5, 0.6) is 0 Å². The molecule has 1 atom stereocenters. The molecular weight excluding hydrogens is 306 g/mol. The normalized spacial score (nSPS) is 21.0. The highest BCUT2D eigenvalue weighted by Crippen LogP contribution is 2.27. The number of nitrogens with zero attached hydrogens (tertiary/aromatic N) is 2. The van der Waals surface area contributed by atoms with E-state index in [0.29, 0.717) is 0 Å². The molecule has 2 N–H and O–H groups in total. The number of nitrogens with one attached hydrogen (secondary N) is 1. The van der Waals surface area contributed by atoms with E-state index in [1.807, 2.05) is 0 Å². The number of carbonyl (C=O) groups is 2. The Morgan fingerprint density at radius 2 is 2.29 bits per heavy atom. The average Bonchev–Trinajstić information content (AvgIpc) is 2.87. The molecule has 1 amide bonds. The molecule has 0 aliphatic carbocycles. The van der Waals surface area contributed by atoms with E-state index in [1.54, 1.807) is 0 Å². The highest BCUT2D eigenvalue weighted by atomic mass is 35.5. The molecule has 10 heteroatoms. The third-order valence-electron chi connectivity index (χ3n) is 3.09. The Balaban J connectivity index is 2.35. The zero-order valence-corrected chi connectivity index (χ0v) is 11.3. The van der Waals surface area contributed by atoms with Gasteiger partial charge < -0.3 is 15.2 Å². The van der Waals surface area contributed by atoms with Crippen LogP contribution in [0.25, 0.3) is 0 Å². The number of hydrogen-bond donors (Lipinski definition) is 2. The maximum atomic E-state index is 12.2. The van der Waals surface area contributed by atoms with Crippen LogP contribution < -0.4 is 5.32 Å². The van der Waals surface area contributed by atoms with E-state index in [0.717, 1.165) is 12.3 Å². The summed E-state index contributed by atoms with van der Waals surface area (Å²) in [7, 11) is 0. The van der Waals surface area contributed by atoms with Crippen LogP contribution in [0.2, 0.25) is 5.15 Å². The minimum absolute atomic E-state index is 0.0701. The van der Waals surface area contributed by atoms with Crippen molar-refractivity contribution in [1.82, 2.24) is 10.3 Å². The van der Waals surface area contributed by atoms with Crippen LogP contribution in [0.1, 0.15) is 16.8 Å². The number of carboxylic acid groups (broad SMARTS) is 1. The molecule has 0 radical (unpaired) electrons. The molecule has 21 heavy (non-hydrogen) atoms. The fourth-order valence-corrected chi connectivity index (χ4v) is 2.18. The van der Waals surface area contributed by atoms with Crippen molar-refractivity contribution in [2.45, 2.75) is 12.0 Å². The summed E-state index contributed by atoms with van der Waals surface area (Å²) in [5.41, 5.74) is -2.62. The lowest BCUT2D eigenvalue weighted by Crippen LogP contribution is -2.55. The minimum Gasteiger partial charge on any atom is -0.479 e. The van der Waals surface area contributed by atoms with Crippen molar-refractivity contribution in [1.29, 1.82) is 0 Å². The molecule has 0 saturated carbocycles. The molecule has 1 aromatic heterocycles. The molecular formula is C11H10ClN3O6. The summed E-state index contributed by atoms with van der Waals surface area (Å²) in [6.07, 6.45) is 1.20. The number of halogens is 1. The fraction of sp³-hybridized carbons (Fsp3) is 0.364. The highest BCUT2D eigenvalue weighted by Gasteiger charge is 2.45. The van der Waals surface area contributed by atoms with Gasteiger partial charge in [-0.15, -0.1) is 0 Å². The van der Waals surface area contributed by atoms with Gasteiger partial charge in [0.25, 0.3) is 5.91 Å². The number of carboxylic acids is 1. The maximum absolute atomic E-state index is 12.2. The van der Waals surface area contributed by atoms with E-state index in [2.05, 4.69) is 10.3 Å². The van der Waals surface area contributed by atoms with Gasteiger partial charge in [-0.05, 0) is 6.07 Å². The molecule has 1 aliphatic rings. The van der Waals surface area contributed by atoms with Crippen molar-refractivity contribution >= 4 is 29.2 Å². The Morgan fingerprint density at radius 3 is 2.81 bits per heavy atom. The molecule has 9 nitrogen and oxygen atoms in total. The number of aromatic nitrogens is 1. The SMILES string of the molecule is O=C(NC1(C(=O)O)CCOC1)c1ccnc(Cl)c1[N+](=O)[O-]. The molecule has 112 valence electrons. The molecule has 1 saturated heterocycles. The molecule has 0 bridgehead atoms. The summed E-state index contributed by atoms with van der Waals surface area (Å²) in [6.45, 7) is -0.0353. The minimum atomic E-state index is -1.60. The second kappa shape index (κ2) is 5.62. The molecule has 0 spiro atoms. The first-order valence-corrected chi connectivity index (χ1v) is 6.18. The van der Waals surface area contributed by atoms with Gasteiger partial charge in [0.1, 0.15) is 5.56 Å². The molecule has 2 heterocycles. The molecule has 0 aromatic carbocycles. The Labute approximate surface area is 123 Å². The van der Waals surface area contributed by atoms with Gasteiger partial charge >= 0.3 is 11.7 Å². The standard InChI is InChI=1S/C11H10ClN3O6/c12-8-7(15(19)20)6(1-3-13-8)9(16)14-11(10(17)18)2-4-21-5-11/h1,3H,2,4-5H2,(H,14,16)(H,17,18). The smallest absolute Gasteiger partial charge is 0.331 e. The summed E-state index contributed by atoms with van der Waals surface area (Å²) in [5, 5.41) is 22.0. The third-order valence-corrected chi connectivity index (χ3v) is 3.37. The summed E-state index contributed by atoms with van der Waals surface area (Å²) in [5.74, 6) is -2.19. The largest absolute Gasteiger partial charge is 0.479 e. The van der Waals surface area contributed by atoms with Gasteiger partial charge in [0, 0.05) is 19.2 Å².